The molecule has 4 nitrogen and oxygen atoms in total. The maximum absolute atomic E-state index is 12.4. The van der Waals surface area contributed by atoms with Crippen LogP contribution in [0.5, 0.6) is 5.75 Å². The molecule has 1 aliphatic carbocycles. The number of benzene rings is 1. The second kappa shape index (κ2) is 6.34. The Morgan fingerprint density at radius 2 is 1.90 bits per heavy atom. The maximum Gasteiger partial charge on any atom is 0.241 e. The van der Waals surface area contributed by atoms with Crippen molar-refractivity contribution in [2.45, 2.75) is 43.8 Å². The van der Waals surface area contributed by atoms with Gasteiger partial charge in [-0.25, -0.2) is 0 Å². The zero-order chi connectivity index (χ0) is 13.5. The molecule has 1 heterocycles. The van der Waals surface area contributed by atoms with Gasteiger partial charge in [-0.3, -0.25) is 10.1 Å². The molecule has 2 fully saturated rings. The standard InChI is InChI=1S/C15H20N2O2.Ac/c1-17-14(19)13(16-15(17)8-2-3-9-15)10-11-4-6-12(18)7-5-11;/h4-7,13,16,18H,2-3,8-10H2,1H3;. The van der Waals surface area contributed by atoms with Crippen LogP contribution in [0.1, 0.15) is 31.2 Å². The molecule has 5 heteroatoms. The van der Waals surface area contributed by atoms with Crippen molar-refractivity contribution in [3.63, 3.8) is 0 Å². The van der Waals surface area contributed by atoms with Crippen molar-refractivity contribution < 1.29 is 54.0 Å². The van der Waals surface area contributed by atoms with Crippen molar-refractivity contribution in [2.75, 3.05) is 7.05 Å². The molecule has 2 N–H and O–H groups in total. The number of hydrogen-bond acceptors (Lipinski definition) is 3. The molecular weight excluding hydrogens is 467 g/mol. The number of phenolic OH excluding ortho intramolecular Hbond substituents is 1. The number of aromatic hydroxyl groups is 1. The van der Waals surface area contributed by atoms with Gasteiger partial charge in [0.15, 0.2) is 0 Å². The normalized spacial score (nSPS) is 24.1. The fourth-order valence-electron chi connectivity index (χ4n) is 3.37. The van der Waals surface area contributed by atoms with Crippen molar-refractivity contribution >= 4 is 5.91 Å². The average molecular weight is 487 g/mol. The van der Waals surface area contributed by atoms with Crippen LogP contribution in [0, 0.1) is 44.1 Å². The fourth-order valence-corrected chi connectivity index (χ4v) is 3.37. The summed E-state index contributed by atoms with van der Waals surface area (Å²) in [6.45, 7) is 0. The van der Waals surface area contributed by atoms with Crippen molar-refractivity contribution in [3.05, 3.63) is 29.8 Å². The molecule has 20 heavy (non-hydrogen) atoms. The van der Waals surface area contributed by atoms with E-state index in [1.807, 2.05) is 24.1 Å². The third kappa shape index (κ3) is 2.91. The maximum atomic E-state index is 12.4. The van der Waals surface area contributed by atoms with E-state index in [-0.39, 0.29) is 67.4 Å². The van der Waals surface area contributed by atoms with E-state index in [0.717, 1.165) is 18.4 Å². The zero-order valence-electron chi connectivity index (χ0n) is 11.8. The van der Waals surface area contributed by atoms with Crippen LogP contribution in [-0.4, -0.2) is 34.7 Å². The van der Waals surface area contributed by atoms with Gasteiger partial charge in [0.2, 0.25) is 5.91 Å². The van der Waals surface area contributed by atoms with Crippen molar-refractivity contribution in [2.24, 2.45) is 0 Å². The topological polar surface area (TPSA) is 52.6 Å². The Labute approximate surface area is 155 Å². The third-order valence-electron chi connectivity index (χ3n) is 4.52. The van der Waals surface area contributed by atoms with Crippen molar-refractivity contribution in [3.8, 4) is 5.75 Å². The second-order valence-corrected chi connectivity index (χ2v) is 5.70. The molecule has 1 aromatic carbocycles. The van der Waals surface area contributed by atoms with Gasteiger partial charge in [0, 0.05) is 51.1 Å². The van der Waals surface area contributed by atoms with Gasteiger partial charge in [0.05, 0.1) is 11.7 Å². The quantitative estimate of drug-likeness (QED) is 0.668. The number of rotatable bonds is 2. The molecule has 1 saturated heterocycles. The first kappa shape index (κ1) is 16.3. The van der Waals surface area contributed by atoms with Gasteiger partial charge in [-0.1, -0.05) is 12.1 Å². The number of phenols is 1. The summed E-state index contributed by atoms with van der Waals surface area (Å²) in [6.07, 6.45) is 5.18. The number of nitrogens with one attached hydrogen (secondary N) is 1. The fraction of sp³-hybridized carbons (Fsp3) is 0.533. The minimum atomic E-state index is -0.132. The number of nitrogens with zero attached hydrogens (tertiary/aromatic N) is 1. The summed E-state index contributed by atoms with van der Waals surface area (Å²) in [5.74, 6) is 0.453. The Morgan fingerprint density at radius 3 is 2.50 bits per heavy atom. The van der Waals surface area contributed by atoms with Gasteiger partial charge in [0.25, 0.3) is 0 Å². The molecule has 1 spiro atoms. The van der Waals surface area contributed by atoms with Crippen molar-refractivity contribution in [1.82, 2.24) is 10.2 Å². The Bertz CT molecular complexity index is 483. The van der Waals surface area contributed by atoms with Crippen LogP contribution in [0.3, 0.4) is 0 Å². The molecule has 105 valence electrons. The van der Waals surface area contributed by atoms with E-state index in [4.69, 9.17) is 0 Å². The molecule has 0 aromatic heterocycles. The Kier molecular flexibility index (Phi) is 5.15. The molecule has 1 saturated carbocycles. The van der Waals surface area contributed by atoms with E-state index in [1.165, 1.54) is 12.8 Å². The number of carbonyl (C=O) groups is 1. The molecule has 1 amide bonds. The van der Waals surface area contributed by atoms with Crippen LogP contribution in [0.25, 0.3) is 0 Å². The number of hydrogen-bond donors (Lipinski definition) is 2. The zero-order valence-corrected chi connectivity index (χ0v) is 16.5. The monoisotopic (exact) mass is 487 g/mol. The van der Waals surface area contributed by atoms with E-state index in [0.29, 0.717) is 6.42 Å². The second-order valence-electron chi connectivity index (χ2n) is 5.70. The summed E-state index contributed by atoms with van der Waals surface area (Å²) in [6, 6.07) is 6.97. The van der Waals surface area contributed by atoms with Crippen LogP contribution in [-0.2, 0) is 11.2 Å². The van der Waals surface area contributed by atoms with Gasteiger partial charge in [-0.05, 0) is 49.8 Å². The molecule has 1 unspecified atom stereocenters. The summed E-state index contributed by atoms with van der Waals surface area (Å²) in [5.41, 5.74) is 0.977. The molecule has 3 rings (SSSR count). The number of likely N-dealkylation sites (N-methyl/N-ethyl adjacent to an activating group) is 1. The van der Waals surface area contributed by atoms with Gasteiger partial charge in [-0.15, -0.1) is 0 Å². The molecule has 1 aliphatic heterocycles. The van der Waals surface area contributed by atoms with E-state index in [1.54, 1.807) is 12.1 Å². The third-order valence-corrected chi connectivity index (χ3v) is 4.52. The average Bonchev–Trinajstić information content (AvgIpc) is 2.96. The predicted molar refractivity (Wildman–Crippen MR) is 72.7 cm³/mol. The molecule has 1 atom stereocenters. The molecular formula is C15H20AcN2O2. The van der Waals surface area contributed by atoms with Crippen LogP contribution in [0.4, 0.5) is 0 Å². The summed E-state index contributed by atoms with van der Waals surface area (Å²) in [5, 5.41) is 12.8. The Balaban J connectivity index is 0.00000147. The Morgan fingerprint density at radius 1 is 1.30 bits per heavy atom. The van der Waals surface area contributed by atoms with E-state index in [9.17, 15) is 9.90 Å². The van der Waals surface area contributed by atoms with E-state index in [2.05, 4.69) is 5.32 Å². The predicted octanol–water partition coefficient (Wildman–Crippen LogP) is 1.64. The number of carbonyl (C=O) groups excluding carboxylic acids is 1. The van der Waals surface area contributed by atoms with Crippen LogP contribution in [0.15, 0.2) is 24.3 Å². The minimum absolute atomic E-state index is 0. The SMILES string of the molecule is CN1C(=O)C(Cc2ccc(O)cc2)NC12CCCC2.[Ac]. The van der Waals surface area contributed by atoms with Crippen LogP contribution in [0.2, 0.25) is 0 Å². The molecule has 2 aliphatic rings. The summed E-state index contributed by atoms with van der Waals surface area (Å²) in [7, 11) is 1.91. The van der Waals surface area contributed by atoms with E-state index < -0.39 is 0 Å². The number of amides is 1. The largest absolute Gasteiger partial charge is 0.508 e. The molecule has 1 aromatic rings. The molecule has 0 bridgehead atoms. The van der Waals surface area contributed by atoms with Crippen molar-refractivity contribution in [1.29, 1.82) is 0 Å². The summed E-state index contributed by atoms with van der Waals surface area (Å²) >= 11 is 0. The summed E-state index contributed by atoms with van der Waals surface area (Å²) < 4.78 is 0. The first-order chi connectivity index (χ1) is 9.11. The first-order valence-corrected chi connectivity index (χ1v) is 6.94. The van der Waals surface area contributed by atoms with Gasteiger partial charge in [0.1, 0.15) is 5.75 Å². The van der Waals surface area contributed by atoms with E-state index >= 15 is 0 Å². The van der Waals surface area contributed by atoms with Crippen LogP contribution >= 0.6 is 0 Å². The van der Waals surface area contributed by atoms with Gasteiger partial charge in [-0.2, -0.15) is 0 Å². The minimum Gasteiger partial charge on any atom is -0.508 e. The molecule has 1 radical (unpaired) electrons. The van der Waals surface area contributed by atoms with Gasteiger partial charge >= 0.3 is 0 Å². The first-order valence-electron chi connectivity index (χ1n) is 6.94. The smallest absolute Gasteiger partial charge is 0.241 e. The van der Waals surface area contributed by atoms with Gasteiger partial charge < -0.3 is 10.0 Å². The van der Waals surface area contributed by atoms with Crippen LogP contribution < -0.4 is 5.32 Å². The Hall–Kier alpha value is -0.108. The summed E-state index contributed by atoms with van der Waals surface area (Å²) in [4.78, 5) is 14.3.